The van der Waals surface area contributed by atoms with Crippen LogP contribution in [0.2, 0.25) is 0 Å². The van der Waals surface area contributed by atoms with Gasteiger partial charge in [0.2, 0.25) is 5.89 Å². The fraction of sp³-hybridized carbons (Fsp3) is 0.417. The number of aromatic nitrogens is 1. The van der Waals surface area contributed by atoms with Gasteiger partial charge in [0, 0.05) is 6.54 Å². The second-order valence-corrected chi connectivity index (χ2v) is 4.93. The number of fused-ring (bicyclic) bond motifs is 1. The molecule has 2 N–H and O–H groups in total. The molecule has 4 heterocycles. The molecule has 0 bridgehead atoms. The minimum Gasteiger partial charge on any atom is -0.446 e. The number of amidine groups is 2. The number of nitrogens with zero attached hydrogens (tertiary/aromatic N) is 5. The lowest BCUT2D eigenvalue weighted by Gasteiger charge is -2.34. The molecule has 1 atom stereocenters. The summed E-state index contributed by atoms with van der Waals surface area (Å²) in [6, 6.07) is 0. The summed E-state index contributed by atoms with van der Waals surface area (Å²) in [5.74, 6) is 2.19. The molecule has 1 aromatic heterocycles. The van der Waals surface area contributed by atoms with Crippen molar-refractivity contribution in [2.24, 2.45) is 10.2 Å². The molecule has 0 amide bonds. The number of hydrazone groups is 2. The SMILES string of the molecule is Cc1coc(C2CN(C3=NN4NNN=C4C=C3)CCO2)n1. The van der Waals surface area contributed by atoms with Gasteiger partial charge >= 0.3 is 0 Å². The minimum absolute atomic E-state index is 0.178. The van der Waals surface area contributed by atoms with Gasteiger partial charge in [-0.3, -0.25) is 0 Å². The third-order valence-corrected chi connectivity index (χ3v) is 3.43. The van der Waals surface area contributed by atoms with Crippen LogP contribution in [-0.2, 0) is 4.74 Å². The number of hydrogen-bond donors (Lipinski definition) is 2. The first-order valence-corrected chi connectivity index (χ1v) is 6.73. The van der Waals surface area contributed by atoms with Crippen molar-refractivity contribution in [3.05, 3.63) is 30.0 Å². The molecular weight excluding hydrogens is 274 g/mol. The highest BCUT2D eigenvalue weighted by atomic mass is 16.5. The molecule has 1 fully saturated rings. The average Bonchev–Trinajstić information content (AvgIpc) is 3.15. The van der Waals surface area contributed by atoms with Crippen LogP contribution in [0.3, 0.4) is 0 Å². The van der Waals surface area contributed by atoms with E-state index < -0.39 is 0 Å². The van der Waals surface area contributed by atoms with E-state index in [0.29, 0.717) is 19.0 Å². The molecule has 1 aromatic rings. The van der Waals surface area contributed by atoms with Crippen molar-refractivity contribution < 1.29 is 9.15 Å². The van der Waals surface area contributed by atoms with Gasteiger partial charge < -0.3 is 14.1 Å². The van der Waals surface area contributed by atoms with Gasteiger partial charge in [-0.05, 0) is 19.1 Å². The third kappa shape index (κ3) is 2.26. The second kappa shape index (κ2) is 4.86. The van der Waals surface area contributed by atoms with Crippen LogP contribution < -0.4 is 11.1 Å². The first kappa shape index (κ1) is 12.4. The van der Waals surface area contributed by atoms with Crippen molar-refractivity contribution in [3.63, 3.8) is 0 Å². The number of rotatable bonds is 1. The molecule has 3 aliphatic heterocycles. The molecule has 3 aliphatic rings. The molecule has 1 unspecified atom stereocenters. The fourth-order valence-electron chi connectivity index (χ4n) is 2.40. The van der Waals surface area contributed by atoms with Crippen LogP contribution in [-0.4, -0.2) is 46.4 Å². The molecule has 1 saturated heterocycles. The topological polar surface area (TPSA) is 90.5 Å². The van der Waals surface area contributed by atoms with Crippen LogP contribution in [0.25, 0.3) is 0 Å². The number of hydrazine groups is 2. The summed E-state index contributed by atoms with van der Waals surface area (Å²) in [4.78, 5) is 6.48. The van der Waals surface area contributed by atoms with Crippen molar-refractivity contribution >= 4 is 11.7 Å². The first-order valence-electron chi connectivity index (χ1n) is 6.73. The molecular formula is C12H15N7O2. The summed E-state index contributed by atoms with van der Waals surface area (Å²) in [5, 5.41) is 10.1. The Morgan fingerprint density at radius 1 is 1.33 bits per heavy atom. The van der Waals surface area contributed by atoms with Gasteiger partial charge in [0.05, 0.1) is 18.8 Å². The second-order valence-electron chi connectivity index (χ2n) is 4.93. The van der Waals surface area contributed by atoms with Crippen molar-refractivity contribution in [1.82, 2.24) is 26.1 Å². The van der Waals surface area contributed by atoms with Gasteiger partial charge in [0.1, 0.15) is 6.26 Å². The van der Waals surface area contributed by atoms with Gasteiger partial charge in [-0.1, -0.05) is 0 Å². The number of hydrogen-bond acceptors (Lipinski definition) is 9. The fourth-order valence-corrected chi connectivity index (χ4v) is 2.40. The number of morpholine rings is 1. The average molecular weight is 289 g/mol. The lowest BCUT2D eigenvalue weighted by molar-refractivity contribution is -0.0215. The van der Waals surface area contributed by atoms with Gasteiger partial charge in [-0.15, -0.1) is 15.7 Å². The summed E-state index contributed by atoms with van der Waals surface area (Å²) in [6.07, 6.45) is 5.30. The largest absolute Gasteiger partial charge is 0.446 e. The van der Waals surface area contributed by atoms with E-state index in [0.717, 1.165) is 23.9 Å². The van der Waals surface area contributed by atoms with Gasteiger partial charge in [-0.2, -0.15) is 5.12 Å². The Kier molecular flexibility index (Phi) is 2.86. The number of ether oxygens (including phenoxy) is 1. The van der Waals surface area contributed by atoms with Crippen LogP contribution in [0.1, 0.15) is 17.7 Å². The molecule has 4 rings (SSSR count). The molecule has 21 heavy (non-hydrogen) atoms. The van der Waals surface area contributed by atoms with E-state index in [2.05, 4.69) is 31.2 Å². The highest BCUT2D eigenvalue weighted by Crippen LogP contribution is 2.22. The predicted octanol–water partition coefficient (Wildman–Crippen LogP) is -0.122. The quantitative estimate of drug-likeness (QED) is 0.744. The van der Waals surface area contributed by atoms with Crippen LogP contribution >= 0.6 is 0 Å². The van der Waals surface area contributed by atoms with Crippen molar-refractivity contribution in [2.45, 2.75) is 13.0 Å². The zero-order chi connectivity index (χ0) is 14.2. The first-order chi connectivity index (χ1) is 10.3. The molecule has 9 nitrogen and oxygen atoms in total. The number of nitrogens with one attached hydrogen (secondary N) is 2. The molecule has 9 heteroatoms. The number of aryl methyl sites for hydroxylation is 1. The Hall–Kier alpha value is -2.39. The molecule has 0 spiro atoms. The van der Waals surface area contributed by atoms with E-state index in [9.17, 15) is 0 Å². The van der Waals surface area contributed by atoms with Crippen molar-refractivity contribution in [2.75, 3.05) is 19.7 Å². The molecule has 0 radical (unpaired) electrons. The molecule has 0 saturated carbocycles. The van der Waals surface area contributed by atoms with E-state index in [1.165, 1.54) is 0 Å². The van der Waals surface area contributed by atoms with E-state index in [1.807, 2.05) is 19.1 Å². The third-order valence-electron chi connectivity index (χ3n) is 3.43. The normalized spacial score (nSPS) is 24.5. The number of oxazole rings is 1. The maximum absolute atomic E-state index is 5.74. The van der Waals surface area contributed by atoms with E-state index >= 15 is 0 Å². The Balaban J connectivity index is 1.51. The molecule has 0 aliphatic carbocycles. The molecule has 110 valence electrons. The van der Waals surface area contributed by atoms with Crippen LogP contribution in [0.5, 0.6) is 0 Å². The Morgan fingerprint density at radius 3 is 3.10 bits per heavy atom. The molecule has 0 aromatic carbocycles. The van der Waals surface area contributed by atoms with Crippen molar-refractivity contribution in [1.29, 1.82) is 0 Å². The smallest absolute Gasteiger partial charge is 0.225 e. The monoisotopic (exact) mass is 289 g/mol. The summed E-state index contributed by atoms with van der Waals surface area (Å²) in [5.41, 5.74) is 6.34. The Labute approximate surface area is 120 Å². The highest BCUT2D eigenvalue weighted by molar-refractivity contribution is 6.05. The van der Waals surface area contributed by atoms with E-state index in [1.54, 1.807) is 11.4 Å². The maximum atomic E-state index is 5.74. The minimum atomic E-state index is -0.178. The Morgan fingerprint density at radius 2 is 2.24 bits per heavy atom. The summed E-state index contributed by atoms with van der Waals surface area (Å²) in [6.45, 7) is 3.92. The van der Waals surface area contributed by atoms with E-state index in [-0.39, 0.29) is 6.10 Å². The van der Waals surface area contributed by atoms with E-state index in [4.69, 9.17) is 9.15 Å². The lowest BCUT2D eigenvalue weighted by Crippen LogP contribution is -2.46. The van der Waals surface area contributed by atoms with Crippen LogP contribution in [0.4, 0.5) is 0 Å². The van der Waals surface area contributed by atoms with Crippen molar-refractivity contribution in [3.8, 4) is 0 Å². The van der Waals surface area contributed by atoms with Gasteiger partial charge in [0.15, 0.2) is 17.8 Å². The van der Waals surface area contributed by atoms with Gasteiger partial charge in [-0.25, -0.2) is 10.5 Å². The lowest BCUT2D eigenvalue weighted by atomic mass is 10.2. The summed E-state index contributed by atoms with van der Waals surface area (Å²) < 4.78 is 11.2. The zero-order valence-electron chi connectivity index (χ0n) is 11.5. The van der Waals surface area contributed by atoms with Crippen LogP contribution in [0.15, 0.2) is 33.0 Å². The maximum Gasteiger partial charge on any atom is 0.225 e. The van der Waals surface area contributed by atoms with Crippen LogP contribution in [0, 0.1) is 6.92 Å². The highest BCUT2D eigenvalue weighted by Gasteiger charge is 2.29. The summed E-state index contributed by atoms with van der Waals surface area (Å²) >= 11 is 0. The standard InChI is InChI=1S/C12H15N7O2/c1-8-7-21-12(13-8)9-6-18(4-5-20-9)11-3-2-10-14-16-17-19(10)15-11/h2-3,7,9,16-17H,4-6H2,1H3. The van der Waals surface area contributed by atoms with Gasteiger partial charge in [0.25, 0.3) is 0 Å². The summed E-state index contributed by atoms with van der Waals surface area (Å²) in [7, 11) is 0. The predicted molar refractivity (Wildman–Crippen MR) is 73.6 cm³/mol. The Bertz CT molecular complexity index is 635. The zero-order valence-corrected chi connectivity index (χ0v) is 11.5.